The Morgan fingerprint density at radius 1 is 1.25 bits per heavy atom. The molecule has 1 aromatic carbocycles. The second kappa shape index (κ2) is 4.58. The average Bonchev–Trinajstić information content (AvgIpc) is 2.78. The number of pyridine rings is 1. The van der Waals surface area contributed by atoms with Crippen LogP contribution >= 0.6 is 11.6 Å². The van der Waals surface area contributed by atoms with Gasteiger partial charge < -0.3 is 4.57 Å². The maximum Gasteiger partial charge on any atom is 0.163 e. The lowest BCUT2D eigenvalue weighted by Crippen LogP contribution is -1.95. The first kappa shape index (κ1) is 12.6. The highest BCUT2D eigenvalue weighted by atomic mass is 35.5. The molecule has 0 saturated carbocycles. The van der Waals surface area contributed by atoms with E-state index < -0.39 is 0 Å². The van der Waals surface area contributed by atoms with Crippen LogP contribution in [0.1, 0.15) is 5.69 Å². The topological polar surface area (TPSA) is 54.5 Å². The predicted molar refractivity (Wildman–Crippen MR) is 73.6 cm³/mol. The molecule has 4 nitrogen and oxygen atoms in total. The summed E-state index contributed by atoms with van der Waals surface area (Å²) in [5, 5.41) is 9.30. The molecule has 0 fully saturated rings. The summed E-state index contributed by atoms with van der Waals surface area (Å²) in [6.45, 7) is 0. The lowest BCUT2D eigenvalue weighted by atomic mass is 10.2. The first-order chi connectivity index (χ1) is 9.60. The van der Waals surface area contributed by atoms with Gasteiger partial charge in [0, 0.05) is 12.6 Å². The number of nitriles is 1. The molecule has 0 unspecified atom stereocenters. The monoisotopic (exact) mass is 286 g/mol. The van der Waals surface area contributed by atoms with E-state index in [0.29, 0.717) is 22.0 Å². The summed E-state index contributed by atoms with van der Waals surface area (Å²) in [5.41, 5.74) is 2.03. The van der Waals surface area contributed by atoms with Crippen molar-refractivity contribution in [3.63, 3.8) is 0 Å². The SMILES string of the molecule is Cn1c(-c2ccc(F)cc2)nc2c(Cl)cc(C#N)nc21. The van der Waals surface area contributed by atoms with Gasteiger partial charge in [-0.2, -0.15) is 5.26 Å². The zero-order valence-corrected chi connectivity index (χ0v) is 11.2. The summed E-state index contributed by atoms with van der Waals surface area (Å²) in [6, 6.07) is 9.44. The number of benzene rings is 1. The second-order valence-electron chi connectivity index (χ2n) is 4.27. The van der Waals surface area contributed by atoms with Crippen molar-refractivity contribution >= 4 is 22.8 Å². The van der Waals surface area contributed by atoms with E-state index in [1.807, 2.05) is 6.07 Å². The molecule has 0 atom stereocenters. The van der Waals surface area contributed by atoms with Gasteiger partial charge in [0.05, 0.1) is 5.02 Å². The molecule has 0 aliphatic heterocycles. The van der Waals surface area contributed by atoms with E-state index >= 15 is 0 Å². The molecule has 2 heterocycles. The Hall–Kier alpha value is -2.45. The molecule has 0 amide bonds. The van der Waals surface area contributed by atoms with Crippen molar-refractivity contribution < 1.29 is 4.39 Å². The van der Waals surface area contributed by atoms with Crippen molar-refractivity contribution in [1.82, 2.24) is 14.5 Å². The Balaban J connectivity index is 2.28. The summed E-state index contributed by atoms with van der Waals surface area (Å²) in [6.07, 6.45) is 0. The van der Waals surface area contributed by atoms with Gasteiger partial charge in [-0.1, -0.05) is 11.6 Å². The Morgan fingerprint density at radius 2 is 1.95 bits per heavy atom. The fraction of sp³-hybridized carbons (Fsp3) is 0.0714. The van der Waals surface area contributed by atoms with Gasteiger partial charge in [-0.05, 0) is 30.3 Å². The molecule has 3 aromatic rings. The number of rotatable bonds is 1. The summed E-state index contributed by atoms with van der Waals surface area (Å²) < 4.78 is 14.7. The molecule has 0 saturated heterocycles. The normalized spacial score (nSPS) is 10.7. The van der Waals surface area contributed by atoms with Crippen LogP contribution in [-0.2, 0) is 7.05 Å². The first-order valence-corrected chi connectivity index (χ1v) is 6.17. The van der Waals surface area contributed by atoms with Crippen molar-refractivity contribution in [1.29, 1.82) is 5.26 Å². The number of imidazole rings is 1. The molecule has 20 heavy (non-hydrogen) atoms. The van der Waals surface area contributed by atoms with E-state index in [-0.39, 0.29) is 11.5 Å². The van der Waals surface area contributed by atoms with E-state index in [4.69, 9.17) is 16.9 Å². The predicted octanol–water partition coefficient (Wildman–Crippen LogP) is 3.30. The van der Waals surface area contributed by atoms with Gasteiger partial charge in [0.1, 0.15) is 28.9 Å². The van der Waals surface area contributed by atoms with Crippen LogP contribution in [0, 0.1) is 17.1 Å². The van der Waals surface area contributed by atoms with Gasteiger partial charge in [0.25, 0.3) is 0 Å². The number of aryl methyl sites for hydroxylation is 1. The van der Waals surface area contributed by atoms with Crippen LogP contribution in [-0.4, -0.2) is 14.5 Å². The van der Waals surface area contributed by atoms with Crippen LogP contribution in [0.5, 0.6) is 0 Å². The first-order valence-electron chi connectivity index (χ1n) is 5.79. The lowest BCUT2D eigenvalue weighted by molar-refractivity contribution is 0.628. The molecular weight excluding hydrogens is 279 g/mol. The minimum atomic E-state index is -0.310. The van der Waals surface area contributed by atoms with Crippen molar-refractivity contribution in [2.75, 3.05) is 0 Å². The molecule has 0 radical (unpaired) electrons. The van der Waals surface area contributed by atoms with E-state index in [1.54, 1.807) is 23.7 Å². The third-order valence-corrected chi connectivity index (χ3v) is 3.29. The Bertz CT molecular complexity index is 846. The van der Waals surface area contributed by atoms with Crippen molar-refractivity contribution in [2.24, 2.45) is 7.05 Å². The van der Waals surface area contributed by atoms with Crippen LogP contribution in [0.2, 0.25) is 5.02 Å². The van der Waals surface area contributed by atoms with Gasteiger partial charge in [-0.25, -0.2) is 14.4 Å². The summed E-state index contributed by atoms with van der Waals surface area (Å²) in [5.74, 6) is 0.305. The zero-order valence-electron chi connectivity index (χ0n) is 10.4. The fourth-order valence-corrected chi connectivity index (χ4v) is 2.26. The minimum Gasteiger partial charge on any atom is -0.312 e. The summed E-state index contributed by atoms with van der Waals surface area (Å²) in [4.78, 5) is 8.62. The van der Waals surface area contributed by atoms with E-state index in [2.05, 4.69) is 9.97 Å². The molecule has 0 spiro atoms. The van der Waals surface area contributed by atoms with Crippen molar-refractivity contribution in [3.05, 3.63) is 46.9 Å². The van der Waals surface area contributed by atoms with Gasteiger partial charge >= 0.3 is 0 Å². The van der Waals surface area contributed by atoms with E-state index in [1.165, 1.54) is 18.2 Å². The number of halogens is 2. The van der Waals surface area contributed by atoms with Crippen LogP contribution in [0.4, 0.5) is 4.39 Å². The Morgan fingerprint density at radius 3 is 2.60 bits per heavy atom. The number of hydrogen-bond donors (Lipinski definition) is 0. The van der Waals surface area contributed by atoms with Crippen LogP contribution in [0.15, 0.2) is 30.3 Å². The van der Waals surface area contributed by atoms with Crippen LogP contribution < -0.4 is 0 Å². The number of aromatic nitrogens is 3. The number of hydrogen-bond acceptors (Lipinski definition) is 3. The number of nitrogens with zero attached hydrogens (tertiary/aromatic N) is 4. The van der Waals surface area contributed by atoms with Gasteiger partial charge in [0.15, 0.2) is 5.65 Å². The van der Waals surface area contributed by atoms with Gasteiger partial charge in [-0.3, -0.25) is 0 Å². The highest BCUT2D eigenvalue weighted by Gasteiger charge is 2.14. The van der Waals surface area contributed by atoms with E-state index in [0.717, 1.165) is 5.56 Å². The van der Waals surface area contributed by atoms with Crippen LogP contribution in [0.25, 0.3) is 22.6 Å². The van der Waals surface area contributed by atoms with Crippen LogP contribution in [0.3, 0.4) is 0 Å². The molecule has 98 valence electrons. The molecule has 0 aliphatic rings. The molecular formula is C14H8ClFN4. The van der Waals surface area contributed by atoms with Crippen molar-refractivity contribution in [3.8, 4) is 17.5 Å². The lowest BCUT2D eigenvalue weighted by Gasteiger charge is -2.01. The molecule has 0 aliphatic carbocycles. The second-order valence-corrected chi connectivity index (χ2v) is 4.68. The standard InChI is InChI=1S/C14H8ClFN4/c1-20-13(8-2-4-9(16)5-3-8)19-12-11(15)6-10(7-17)18-14(12)20/h2-6H,1H3. The molecule has 6 heteroatoms. The molecule has 2 aromatic heterocycles. The average molecular weight is 287 g/mol. The summed E-state index contributed by atoms with van der Waals surface area (Å²) >= 11 is 6.11. The Kier molecular flexibility index (Phi) is 2.88. The third kappa shape index (κ3) is 1.91. The molecule has 0 N–H and O–H groups in total. The molecule has 0 bridgehead atoms. The quantitative estimate of drug-likeness (QED) is 0.690. The molecule has 3 rings (SSSR count). The largest absolute Gasteiger partial charge is 0.312 e. The van der Waals surface area contributed by atoms with Gasteiger partial charge in [0.2, 0.25) is 0 Å². The minimum absolute atomic E-state index is 0.233. The smallest absolute Gasteiger partial charge is 0.163 e. The van der Waals surface area contributed by atoms with E-state index in [9.17, 15) is 4.39 Å². The maximum absolute atomic E-state index is 13.0. The Labute approximate surface area is 119 Å². The highest BCUT2D eigenvalue weighted by molar-refractivity contribution is 6.34. The highest BCUT2D eigenvalue weighted by Crippen LogP contribution is 2.27. The number of fused-ring (bicyclic) bond motifs is 1. The third-order valence-electron chi connectivity index (χ3n) is 3.00. The fourth-order valence-electron chi connectivity index (χ4n) is 2.03. The van der Waals surface area contributed by atoms with Crippen molar-refractivity contribution in [2.45, 2.75) is 0 Å². The van der Waals surface area contributed by atoms with Gasteiger partial charge in [-0.15, -0.1) is 0 Å². The zero-order chi connectivity index (χ0) is 14.3. The maximum atomic E-state index is 13.0. The summed E-state index contributed by atoms with van der Waals surface area (Å²) in [7, 11) is 1.78.